The van der Waals surface area contributed by atoms with Crippen LogP contribution in [-0.2, 0) is 0 Å². The summed E-state index contributed by atoms with van der Waals surface area (Å²) < 4.78 is 0. The second kappa shape index (κ2) is 5.07. The highest BCUT2D eigenvalue weighted by Gasteiger charge is 2.19. The number of non-ortho nitro benzene ring substituents is 1. The molecule has 1 aliphatic heterocycles. The molecule has 1 aromatic carbocycles. The van der Waals surface area contributed by atoms with Crippen molar-refractivity contribution in [2.75, 3.05) is 6.54 Å². The van der Waals surface area contributed by atoms with Gasteiger partial charge in [-0.15, -0.1) is 11.3 Å². The van der Waals surface area contributed by atoms with Gasteiger partial charge in [-0.3, -0.25) is 10.1 Å². The smallest absolute Gasteiger partial charge is 0.269 e. The predicted molar refractivity (Wildman–Crippen MR) is 74.2 cm³/mol. The van der Waals surface area contributed by atoms with E-state index in [0.717, 1.165) is 29.2 Å². The molecule has 3 rings (SSSR count). The maximum absolute atomic E-state index is 10.6. The molecule has 1 aromatic heterocycles. The number of aromatic nitrogens is 1. The largest absolute Gasteiger partial charge is 0.308 e. The maximum Gasteiger partial charge on any atom is 0.269 e. The zero-order valence-corrected chi connectivity index (χ0v) is 11.0. The van der Waals surface area contributed by atoms with E-state index in [1.165, 1.54) is 18.6 Å². The highest BCUT2D eigenvalue weighted by atomic mass is 32.1. The minimum Gasteiger partial charge on any atom is -0.308 e. The Labute approximate surface area is 114 Å². The monoisotopic (exact) mass is 275 g/mol. The first kappa shape index (κ1) is 12.3. The normalized spacial score (nSPS) is 18.6. The lowest BCUT2D eigenvalue weighted by atomic mass is 10.1. The van der Waals surface area contributed by atoms with E-state index in [4.69, 9.17) is 0 Å². The van der Waals surface area contributed by atoms with Crippen molar-refractivity contribution in [1.29, 1.82) is 0 Å². The average Bonchev–Trinajstić information content (AvgIpc) is 3.10. The number of nitro groups is 1. The van der Waals surface area contributed by atoms with Gasteiger partial charge >= 0.3 is 0 Å². The Morgan fingerprint density at radius 2 is 2.16 bits per heavy atom. The molecule has 0 amide bonds. The Morgan fingerprint density at radius 3 is 2.79 bits per heavy atom. The quantitative estimate of drug-likeness (QED) is 0.690. The summed E-state index contributed by atoms with van der Waals surface area (Å²) in [6.45, 7) is 1.05. The van der Waals surface area contributed by atoms with Crippen LogP contribution >= 0.6 is 11.3 Å². The number of nitro benzene ring substituents is 1. The second-order valence-corrected chi connectivity index (χ2v) is 5.41. The number of thiazole rings is 1. The molecule has 1 N–H and O–H groups in total. The molecule has 6 heteroatoms. The Balaban J connectivity index is 1.83. The van der Waals surface area contributed by atoms with Crippen molar-refractivity contribution in [3.8, 4) is 11.3 Å². The van der Waals surface area contributed by atoms with Gasteiger partial charge in [0.2, 0.25) is 0 Å². The number of hydrogen-bond donors (Lipinski definition) is 1. The third kappa shape index (κ3) is 2.50. The van der Waals surface area contributed by atoms with Crippen molar-refractivity contribution in [2.24, 2.45) is 0 Å². The summed E-state index contributed by atoms with van der Waals surface area (Å²) in [6.07, 6.45) is 2.32. The molecule has 0 saturated carbocycles. The van der Waals surface area contributed by atoms with Gasteiger partial charge in [0, 0.05) is 23.1 Å². The maximum atomic E-state index is 10.6. The summed E-state index contributed by atoms with van der Waals surface area (Å²) in [4.78, 5) is 14.8. The Morgan fingerprint density at radius 1 is 1.37 bits per heavy atom. The standard InChI is InChI=1S/C13H13N3O2S/c17-16(18)10-5-3-9(4-6-10)12-8-19-13(15-12)11-2-1-7-14-11/h3-6,8,11,14H,1-2,7H2. The lowest BCUT2D eigenvalue weighted by Crippen LogP contribution is -2.12. The molecular weight excluding hydrogens is 262 g/mol. The summed E-state index contributed by atoms with van der Waals surface area (Å²) >= 11 is 1.64. The van der Waals surface area contributed by atoms with Crippen LogP contribution in [0.15, 0.2) is 29.6 Å². The van der Waals surface area contributed by atoms with Crippen LogP contribution in [0.2, 0.25) is 0 Å². The van der Waals surface area contributed by atoms with Gasteiger partial charge < -0.3 is 5.32 Å². The highest BCUT2D eigenvalue weighted by molar-refractivity contribution is 7.10. The van der Waals surface area contributed by atoms with E-state index in [9.17, 15) is 10.1 Å². The molecule has 1 unspecified atom stereocenters. The van der Waals surface area contributed by atoms with Crippen molar-refractivity contribution in [1.82, 2.24) is 10.3 Å². The topological polar surface area (TPSA) is 68.1 Å². The fourth-order valence-electron chi connectivity index (χ4n) is 2.23. The molecule has 1 saturated heterocycles. The van der Waals surface area contributed by atoms with Crippen molar-refractivity contribution in [3.63, 3.8) is 0 Å². The van der Waals surface area contributed by atoms with E-state index in [2.05, 4.69) is 10.3 Å². The van der Waals surface area contributed by atoms with E-state index in [1.54, 1.807) is 23.5 Å². The second-order valence-electron chi connectivity index (χ2n) is 4.52. The van der Waals surface area contributed by atoms with E-state index in [1.807, 2.05) is 5.38 Å². The lowest BCUT2D eigenvalue weighted by molar-refractivity contribution is -0.384. The third-order valence-electron chi connectivity index (χ3n) is 3.25. The molecule has 19 heavy (non-hydrogen) atoms. The van der Waals surface area contributed by atoms with Gasteiger partial charge in [0.05, 0.1) is 16.7 Å². The van der Waals surface area contributed by atoms with Crippen molar-refractivity contribution >= 4 is 17.0 Å². The van der Waals surface area contributed by atoms with Gasteiger partial charge in [-0.1, -0.05) is 0 Å². The minimum absolute atomic E-state index is 0.108. The highest BCUT2D eigenvalue weighted by Crippen LogP contribution is 2.30. The van der Waals surface area contributed by atoms with Crippen LogP contribution in [0.1, 0.15) is 23.9 Å². The Hall–Kier alpha value is -1.79. The van der Waals surface area contributed by atoms with Gasteiger partial charge in [-0.25, -0.2) is 4.98 Å². The van der Waals surface area contributed by atoms with Gasteiger partial charge in [0.15, 0.2) is 0 Å². The van der Waals surface area contributed by atoms with Crippen molar-refractivity contribution in [2.45, 2.75) is 18.9 Å². The minimum atomic E-state index is -0.390. The van der Waals surface area contributed by atoms with Gasteiger partial charge in [0.25, 0.3) is 5.69 Å². The van der Waals surface area contributed by atoms with Crippen LogP contribution in [-0.4, -0.2) is 16.5 Å². The molecular formula is C13H13N3O2S. The van der Waals surface area contributed by atoms with Gasteiger partial charge in [-0.05, 0) is 31.5 Å². The first-order valence-corrected chi connectivity index (χ1v) is 7.05. The molecule has 0 spiro atoms. The molecule has 1 aliphatic rings. The molecule has 0 bridgehead atoms. The summed E-state index contributed by atoms with van der Waals surface area (Å²) in [5.74, 6) is 0. The lowest BCUT2D eigenvalue weighted by Gasteiger charge is -2.04. The zero-order valence-electron chi connectivity index (χ0n) is 10.2. The fraction of sp³-hybridized carbons (Fsp3) is 0.308. The van der Waals surface area contributed by atoms with E-state index < -0.39 is 4.92 Å². The molecule has 98 valence electrons. The third-order valence-corrected chi connectivity index (χ3v) is 4.21. The fourth-order valence-corrected chi connectivity index (χ4v) is 3.17. The number of benzene rings is 1. The summed E-state index contributed by atoms with van der Waals surface area (Å²) in [6, 6.07) is 6.90. The zero-order chi connectivity index (χ0) is 13.2. The van der Waals surface area contributed by atoms with E-state index in [-0.39, 0.29) is 5.69 Å². The van der Waals surface area contributed by atoms with Gasteiger partial charge in [0.1, 0.15) is 5.01 Å². The van der Waals surface area contributed by atoms with E-state index >= 15 is 0 Å². The first-order valence-electron chi connectivity index (χ1n) is 6.17. The number of hydrogen-bond acceptors (Lipinski definition) is 5. The molecule has 0 aliphatic carbocycles. The molecule has 2 heterocycles. The molecule has 2 aromatic rings. The summed E-state index contributed by atoms with van der Waals surface area (Å²) in [5.41, 5.74) is 1.92. The van der Waals surface area contributed by atoms with E-state index in [0.29, 0.717) is 6.04 Å². The van der Waals surface area contributed by atoms with Crippen LogP contribution in [0.5, 0.6) is 0 Å². The van der Waals surface area contributed by atoms with Crippen LogP contribution in [0.4, 0.5) is 5.69 Å². The molecule has 1 fully saturated rings. The molecule has 5 nitrogen and oxygen atoms in total. The molecule has 1 atom stereocenters. The average molecular weight is 275 g/mol. The van der Waals surface area contributed by atoms with Crippen LogP contribution < -0.4 is 5.32 Å². The number of nitrogens with zero attached hydrogens (tertiary/aromatic N) is 2. The molecule has 0 radical (unpaired) electrons. The number of rotatable bonds is 3. The van der Waals surface area contributed by atoms with Crippen molar-refractivity contribution < 1.29 is 4.92 Å². The first-order chi connectivity index (χ1) is 9.24. The Bertz CT molecular complexity index is 588. The Kier molecular flexibility index (Phi) is 3.27. The number of nitrogens with one attached hydrogen (secondary N) is 1. The van der Waals surface area contributed by atoms with Crippen LogP contribution in [0, 0.1) is 10.1 Å². The van der Waals surface area contributed by atoms with Crippen LogP contribution in [0.25, 0.3) is 11.3 Å². The SMILES string of the molecule is O=[N+]([O-])c1ccc(-c2csc(C3CCCN3)n2)cc1. The van der Waals surface area contributed by atoms with Crippen molar-refractivity contribution in [3.05, 3.63) is 44.8 Å². The summed E-state index contributed by atoms with van der Waals surface area (Å²) in [5, 5.41) is 17.1. The predicted octanol–water partition coefficient (Wildman–Crippen LogP) is 3.14. The summed E-state index contributed by atoms with van der Waals surface area (Å²) in [7, 11) is 0. The van der Waals surface area contributed by atoms with Gasteiger partial charge in [-0.2, -0.15) is 0 Å². The van der Waals surface area contributed by atoms with Crippen LogP contribution in [0.3, 0.4) is 0 Å².